The molecule has 0 amide bonds. The summed E-state index contributed by atoms with van der Waals surface area (Å²) < 4.78 is 39.2. The Hall–Kier alpha value is 0.406. The molecule has 1 rings (SSSR count). The molecule has 1 aromatic carbocycles. The molecule has 0 fully saturated rings. The molecule has 0 aliphatic rings. The Balaban J connectivity index is 0.00000196. The van der Waals surface area contributed by atoms with Gasteiger partial charge in [0.25, 0.3) is 0 Å². The molecule has 15 heavy (non-hydrogen) atoms. The van der Waals surface area contributed by atoms with E-state index in [-0.39, 0.29) is 57.1 Å². The number of halogens is 3. The number of ether oxygens (including phenoxy) is 1. The first-order valence-corrected chi connectivity index (χ1v) is 3.91. The minimum Gasteiger partial charge on any atom is -0.661 e. The molecule has 0 aromatic heterocycles. The second-order valence-corrected chi connectivity index (χ2v) is 2.67. The molecule has 0 aliphatic heterocycles. The zero-order valence-electron chi connectivity index (χ0n) is 8.51. The number of rotatable bonds is 3. The van der Waals surface area contributed by atoms with Crippen molar-refractivity contribution in [2.75, 3.05) is 7.05 Å². The van der Waals surface area contributed by atoms with Gasteiger partial charge in [-0.25, -0.2) is 0 Å². The largest absolute Gasteiger partial charge is 1.00 e. The summed E-state index contributed by atoms with van der Waals surface area (Å²) >= 11 is 0. The summed E-state index contributed by atoms with van der Waals surface area (Å²) in [5.74, 6) is -0.210. The van der Waals surface area contributed by atoms with Crippen LogP contribution in [0.1, 0.15) is 5.56 Å². The molecule has 6 heteroatoms. The van der Waals surface area contributed by atoms with Crippen LogP contribution in [0.3, 0.4) is 0 Å². The minimum atomic E-state index is -4.64. The Morgan fingerprint density at radius 1 is 1.33 bits per heavy atom. The van der Waals surface area contributed by atoms with Crippen molar-refractivity contribution >= 4 is 0 Å². The number of nitrogens with zero attached hydrogens (tertiary/aromatic N) is 1. The summed E-state index contributed by atoms with van der Waals surface area (Å²) in [6, 6.07) is 5.77. The number of hydrogen-bond acceptors (Lipinski definition) is 1. The number of alkyl halides is 3. The molecule has 0 heterocycles. The van der Waals surface area contributed by atoms with Gasteiger partial charge in [-0.2, -0.15) is 7.05 Å². The predicted molar refractivity (Wildman–Crippen MR) is 46.1 cm³/mol. The van der Waals surface area contributed by atoms with Crippen LogP contribution in [0, 0.1) is 0 Å². The van der Waals surface area contributed by atoms with Crippen LogP contribution in [0.25, 0.3) is 5.32 Å². The van der Waals surface area contributed by atoms with Gasteiger partial charge < -0.3 is 10.1 Å². The molecule has 1 aromatic rings. The summed E-state index contributed by atoms with van der Waals surface area (Å²) in [4.78, 5) is 0. The van der Waals surface area contributed by atoms with E-state index in [1.54, 1.807) is 13.1 Å². The minimum absolute atomic E-state index is 0. The second kappa shape index (κ2) is 6.88. The van der Waals surface area contributed by atoms with Crippen LogP contribution in [-0.2, 0) is 6.54 Å². The van der Waals surface area contributed by atoms with E-state index in [9.17, 15) is 13.2 Å². The van der Waals surface area contributed by atoms with Gasteiger partial charge in [0.2, 0.25) is 0 Å². The molecule has 0 spiro atoms. The van der Waals surface area contributed by atoms with Gasteiger partial charge in [0.15, 0.2) is 0 Å². The first kappa shape index (κ1) is 15.4. The Labute approximate surface area is 129 Å². The molecule has 0 unspecified atom stereocenters. The summed E-state index contributed by atoms with van der Waals surface area (Å²) in [5, 5.41) is 3.81. The maximum atomic E-state index is 11.8. The zero-order chi connectivity index (χ0) is 10.6. The van der Waals surface area contributed by atoms with E-state index in [1.807, 2.05) is 0 Å². The molecule has 0 bridgehead atoms. The first-order chi connectivity index (χ1) is 6.51. The Kier molecular flexibility index (Phi) is 7.06. The fourth-order valence-electron chi connectivity index (χ4n) is 1.02. The zero-order valence-corrected chi connectivity index (χ0v) is 11.6. The summed E-state index contributed by atoms with van der Waals surface area (Å²) in [7, 11) is 1.59. The van der Waals surface area contributed by atoms with E-state index in [1.165, 1.54) is 18.2 Å². The first-order valence-electron chi connectivity index (χ1n) is 3.91. The molecule has 0 N–H and O–H groups in total. The smallest absolute Gasteiger partial charge is 0.661 e. The van der Waals surface area contributed by atoms with Gasteiger partial charge in [0, 0.05) is 0 Å². The van der Waals surface area contributed by atoms with E-state index < -0.39 is 6.36 Å². The monoisotopic (exact) mass is 243 g/mol. The van der Waals surface area contributed by atoms with Crippen LogP contribution in [0.2, 0.25) is 0 Å². The predicted octanol–water partition coefficient (Wildman–Crippen LogP) is 0.0927. The van der Waals surface area contributed by atoms with Gasteiger partial charge in [-0.15, -0.1) is 19.7 Å². The molecule has 0 atom stereocenters. The summed E-state index contributed by atoms with van der Waals surface area (Å²) in [6.45, 7) is 0.384. The van der Waals surface area contributed by atoms with Crippen molar-refractivity contribution in [2.45, 2.75) is 12.9 Å². The molecule has 0 saturated heterocycles. The van der Waals surface area contributed by atoms with E-state index in [4.69, 9.17) is 0 Å². The van der Waals surface area contributed by atoms with Crippen LogP contribution in [0.15, 0.2) is 24.3 Å². The van der Waals surface area contributed by atoms with Crippen molar-refractivity contribution < 1.29 is 69.3 Å². The summed E-state index contributed by atoms with van der Waals surface area (Å²) in [6.07, 6.45) is -4.64. The Bertz CT molecular complexity index is 304. The van der Waals surface area contributed by atoms with Crippen molar-refractivity contribution in [2.24, 2.45) is 0 Å². The quantitative estimate of drug-likeness (QED) is 0.690. The topological polar surface area (TPSA) is 23.3 Å². The van der Waals surface area contributed by atoms with Gasteiger partial charge in [0.05, 0.1) is 0 Å². The van der Waals surface area contributed by atoms with E-state index >= 15 is 0 Å². The average molecular weight is 243 g/mol. The van der Waals surface area contributed by atoms with Crippen LogP contribution in [-0.4, -0.2) is 13.4 Å². The molecule has 78 valence electrons. The molecular formula is C9H9F3KNO. The van der Waals surface area contributed by atoms with E-state index in [2.05, 4.69) is 10.1 Å². The van der Waals surface area contributed by atoms with Crippen molar-refractivity contribution in [3.05, 3.63) is 35.1 Å². The van der Waals surface area contributed by atoms with Gasteiger partial charge in [-0.3, -0.25) is 0 Å². The Morgan fingerprint density at radius 3 is 2.53 bits per heavy atom. The molecule has 2 nitrogen and oxygen atoms in total. The molecule has 0 saturated carbocycles. The van der Waals surface area contributed by atoms with Crippen LogP contribution in [0.5, 0.6) is 5.75 Å². The van der Waals surface area contributed by atoms with Gasteiger partial charge in [-0.1, -0.05) is 17.7 Å². The maximum absolute atomic E-state index is 11.8. The second-order valence-electron chi connectivity index (χ2n) is 2.67. The fourth-order valence-corrected chi connectivity index (χ4v) is 1.02. The maximum Gasteiger partial charge on any atom is 1.00 e. The normalized spacial score (nSPS) is 10.7. The Morgan fingerprint density at radius 2 is 2.00 bits per heavy atom. The van der Waals surface area contributed by atoms with Crippen LogP contribution in [0.4, 0.5) is 13.2 Å². The van der Waals surface area contributed by atoms with Crippen LogP contribution < -0.4 is 56.1 Å². The number of hydrogen-bond donors (Lipinski definition) is 0. The van der Waals surface area contributed by atoms with E-state index in [0.717, 1.165) is 0 Å². The van der Waals surface area contributed by atoms with Crippen molar-refractivity contribution in [1.82, 2.24) is 0 Å². The number of benzene rings is 1. The van der Waals surface area contributed by atoms with E-state index in [0.29, 0.717) is 12.1 Å². The molecule has 0 aliphatic carbocycles. The van der Waals surface area contributed by atoms with Gasteiger partial charge in [0.1, 0.15) is 5.75 Å². The SMILES string of the molecule is C[N-]Cc1cccc(OC(F)(F)F)c1.[K+]. The molecular weight excluding hydrogens is 234 g/mol. The molecule has 0 radical (unpaired) electrons. The standard InChI is InChI=1S/C9H9F3NO.K/c1-13-6-7-3-2-4-8(5-7)14-9(10,11)12;/h2-5H,6H2,1H3;/q-1;+1. The average Bonchev–Trinajstić information content (AvgIpc) is 2.02. The third kappa shape index (κ3) is 6.54. The van der Waals surface area contributed by atoms with Gasteiger partial charge in [-0.05, 0) is 12.1 Å². The third-order valence-corrected chi connectivity index (χ3v) is 1.47. The summed E-state index contributed by atoms with van der Waals surface area (Å²) in [5.41, 5.74) is 0.689. The van der Waals surface area contributed by atoms with Crippen molar-refractivity contribution in [3.8, 4) is 5.75 Å². The third-order valence-electron chi connectivity index (χ3n) is 1.47. The van der Waals surface area contributed by atoms with Crippen molar-refractivity contribution in [3.63, 3.8) is 0 Å². The van der Waals surface area contributed by atoms with Crippen LogP contribution >= 0.6 is 0 Å². The fraction of sp³-hybridized carbons (Fsp3) is 0.333. The van der Waals surface area contributed by atoms with Crippen molar-refractivity contribution in [1.29, 1.82) is 0 Å². The van der Waals surface area contributed by atoms with Gasteiger partial charge >= 0.3 is 57.7 Å².